The summed E-state index contributed by atoms with van der Waals surface area (Å²) in [5.74, 6) is 6.68. The lowest BCUT2D eigenvalue weighted by Gasteiger charge is -2.17. The lowest BCUT2D eigenvalue weighted by atomic mass is 10.2. The molecular weight excluding hydrogens is 264 g/mol. The molecule has 1 atom stereocenters. The molecule has 112 valence electrons. The van der Waals surface area contributed by atoms with Gasteiger partial charge in [-0.15, -0.1) is 0 Å². The minimum Gasteiger partial charge on any atom is -0.492 e. The van der Waals surface area contributed by atoms with Gasteiger partial charge in [-0.05, 0) is 32.2 Å². The van der Waals surface area contributed by atoms with Crippen LogP contribution in [0.15, 0.2) is 24.3 Å². The fourth-order valence-electron chi connectivity index (χ4n) is 1.80. The van der Waals surface area contributed by atoms with Gasteiger partial charge in [0.25, 0.3) is 0 Å². The van der Waals surface area contributed by atoms with E-state index in [9.17, 15) is 0 Å². The number of nitriles is 1. The van der Waals surface area contributed by atoms with Gasteiger partial charge in [-0.25, -0.2) is 0 Å². The van der Waals surface area contributed by atoms with Crippen molar-refractivity contribution in [3.8, 4) is 23.7 Å². The molecule has 0 aliphatic rings. The van der Waals surface area contributed by atoms with E-state index in [2.05, 4.69) is 22.8 Å². The summed E-state index contributed by atoms with van der Waals surface area (Å²) in [5, 5.41) is 17.5. The van der Waals surface area contributed by atoms with Gasteiger partial charge in [-0.3, -0.25) is 0 Å². The maximum absolute atomic E-state index is 8.77. The summed E-state index contributed by atoms with van der Waals surface area (Å²) >= 11 is 0. The number of aliphatic hydroxyl groups excluding tert-OH is 1. The van der Waals surface area contributed by atoms with Crippen molar-refractivity contribution in [2.24, 2.45) is 5.92 Å². The predicted molar refractivity (Wildman–Crippen MR) is 82.8 cm³/mol. The first-order valence-corrected chi connectivity index (χ1v) is 7.06. The molecule has 0 heterocycles. The zero-order valence-electron chi connectivity index (χ0n) is 12.7. The molecule has 1 aromatic carbocycles. The molecule has 0 bridgehead atoms. The lowest BCUT2D eigenvalue weighted by molar-refractivity contribution is 0.228. The molecule has 0 spiro atoms. The Balaban J connectivity index is 2.41. The molecule has 1 aromatic rings. The van der Waals surface area contributed by atoms with E-state index in [1.807, 2.05) is 38.2 Å². The maximum atomic E-state index is 8.77. The van der Waals surface area contributed by atoms with Crippen LogP contribution in [0.1, 0.15) is 18.9 Å². The minimum absolute atomic E-state index is 0.0279. The molecule has 1 rings (SSSR count). The van der Waals surface area contributed by atoms with Gasteiger partial charge in [-0.2, -0.15) is 5.26 Å². The number of likely N-dealkylation sites (N-methyl/N-ethyl adjacent to an activating group) is 1. The zero-order valence-corrected chi connectivity index (χ0v) is 12.7. The van der Waals surface area contributed by atoms with Crippen LogP contribution in [0.2, 0.25) is 0 Å². The Labute approximate surface area is 127 Å². The highest BCUT2D eigenvalue weighted by atomic mass is 16.5. The number of aliphatic hydroxyl groups is 1. The van der Waals surface area contributed by atoms with Crippen LogP contribution in [0.3, 0.4) is 0 Å². The summed E-state index contributed by atoms with van der Waals surface area (Å²) < 4.78 is 5.70. The molecule has 0 aromatic heterocycles. The van der Waals surface area contributed by atoms with Crippen molar-refractivity contribution in [2.45, 2.75) is 13.3 Å². The number of rotatable bonds is 7. The fourth-order valence-corrected chi connectivity index (χ4v) is 1.80. The Morgan fingerprint density at radius 3 is 2.95 bits per heavy atom. The molecule has 0 aliphatic carbocycles. The van der Waals surface area contributed by atoms with E-state index < -0.39 is 0 Å². The summed E-state index contributed by atoms with van der Waals surface area (Å²) in [7, 11) is 1.98. The SMILES string of the molecule is CC(C#N)CN(C)CCOc1cccc(C#CCCO)c1. The lowest BCUT2D eigenvalue weighted by Crippen LogP contribution is -2.28. The molecular formula is C17H22N2O2. The van der Waals surface area contributed by atoms with Gasteiger partial charge < -0.3 is 14.7 Å². The van der Waals surface area contributed by atoms with Gasteiger partial charge in [-0.1, -0.05) is 17.9 Å². The van der Waals surface area contributed by atoms with E-state index in [0.29, 0.717) is 13.0 Å². The second-order valence-electron chi connectivity index (χ2n) is 4.94. The highest BCUT2D eigenvalue weighted by Gasteiger charge is 2.05. The number of benzene rings is 1. The molecule has 0 saturated heterocycles. The second-order valence-corrected chi connectivity index (χ2v) is 4.94. The van der Waals surface area contributed by atoms with Crippen molar-refractivity contribution >= 4 is 0 Å². The summed E-state index contributed by atoms with van der Waals surface area (Å²) in [6.45, 7) is 4.07. The van der Waals surface area contributed by atoms with Crippen LogP contribution < -0.4 is 4.74 Å². The predicted octanol–water partition coefficient (Wildman–Crippen LogP) is 1.89. The highest BCUT2D eigenvalue weighted by molar-refractivity contribution is 5.39. The Kier molecular flexibility index (Phi) is 7.97. The molecule has 0 fully saturated rings. The second kappa shape index (κ2) is 9.83. The summed E-state index contributed by atoms with van der Waals surface area (Å²) in [5.41, 5.74) is 0.882. The number of ether oxygens (including phenoxy) is 1. The van der Waals surface area contributed by atoms with Gasteiger partial charge in [0, 0.05) is 25.1 Å². The molecule has 0 aliphatic heterocycles. The van der Waals surface area contributed by atoms with Crippen LogP contribution >= 0.6 is 0 Å². The molecule has 4 nitrogen and oxygen atoms in total. The first-order valence-electron chi connectivity index (χ1n) is 7.06. The number of hydrogen-bond acceptors (Lipinski definition) is 4. The molecule has 1 unspecified atom stereocenters. The van der Waals surface area contributed by atoms with Crippen molar-refractivity contribution in [1.29, 1.82) is 5.26 Å². The monoisotopic (exact) mass is 286 g/mol. The highest BCUT2D eigenvalue weighted by Crippen LogP contribution is 2.12. The Morgan fingerprint density at radius 1 is 1.43 bits per heavy atom. The molecule has 0 radical (unpaired) electrons. The average molecular weight is 286 g/mol. The normalized spacial score (nSPS) is 11.4. The smallest absolute Gasteiger partial charge is 0.120 e. The van der Waals surface area contributed by atoms with Crippen molar-refractivity contribution in [3.63, 3.8) is 0 Å². The van der Waals surface area contributed by atoms with E-state index in [4.69, 9.17) is 15.1 Å². The summed E-state index contributed by atoms with van der Waals surface area (Å²) in [6.07, 6.45) is 0.479. The fraction of sp³-hybridized carbons (Fsp3) is 0.471. The maximum Gasteiger partial charge on any atom is 0.120 e. The van der Waals surface area contributed by atoms with Crippen LogP contribution in [0.25, 0.3) is 0 Å². The quantitative estimate of drug-likeness (QED) is 0.778. The van der Waals surface area contributed by atoms with Crippen molar-refractivity contribution < 1.29 is 9.84 Å². The van der Waals surface area contributed by atoms with Crippen molar-refractivity contribution in [2.75, 3.05) is 33.4 Å². The largest absolute Gasteiger partial charge is 0.492 e. The molecule has 0 amide bonds. The Hall–Kier alpha value is -2.01. The summed E-state index contributed by atoms with van der Waals surface area (Å²) in [6, 6.07) is 9.83. The minimum atomic E-state index is 0.0279. The topological polar surface area (TPSA) is 56.5 Å². The third-order valence-corrected chi connectivity index (χ3v) is 2.85. The van der Waals surface area contributed by atoms with Crippen LogP contribution in [0.5, 0.6) is 5.75 Å². The van der Waals surface area contributed by atoms with Gasteiger partial charge in [0.1, 0.15) is 12.4 Å². The third kappa shape index (κ3) is 7.37. The first-order chi connectivity index (χ1) is 10.2. The van der Waals surface area contributed by atoms with Gasteiger partial charge in [0.05, 0.1) is 18.6 Å². The Morgan fingerprint density at radius 2 is 2.24 bits per heavy atom. The van der Waals surface area contributed by atoms with Gasteiger partial charge in [0.15, 0.2) is 0 Å². The standard InChI is InChI=1S/C17H22N2O2/c1-15(13-18)14-19(2)9-11-21-17-8-5-7-16(12-17)6-3-4-10-20/h5,7-8,12,15,20H,4,9-11,14H2,1-2H3. The molecule has 4 heteroatoms. The van der Waals surface area contributed by atoms with E-state index in [1.54, 1.807) is 0 Å². The van der Waals surface area contributed by atoms with E-state index in [1.165, 1.54) is 0 Å². The number of hydrogen-bond donors (Lipinski definition) is 1. The zero-order chi connectivity index (χ0) is 15.5. The van der Waals surface area contributed by atoms with Gasteiger partial charge in [0.2, 0.25) is 0 Å². The van der Waals surface area contributed by atoms with Crippen LogP contribution in [0.4, 0.5) is 0 Å². The molecule has 0 saturated carbocycles. The third-order valence-electron chi connectivity index (χ3n) is 2.85. The molecule has 21 heavy (non-hydrogen) atoms. The van der Waals surface area contributed by atoms with Crippen molar-refractivity contribution in [1.82, 2.24) is 4.90 Å². The first kappa shape index (κ1) is 17.0. The average Bonchev–Trinajstić information content (AvgIpc) is 2.48. The summed E-state index contributed by atoms with van der Waals surface area (Å²) in [4.78, 5) is 2.08. The number of nitrogens with zero attached hydrogens (tertiary/aromatic N) is 2. The van der Waals surface area contributed by atoms with E-state index in [-0.39, 0.29) is 12.5 Å². The molecule has 1 N–H and O–H groups in total. The Bertz CT molecular complexity index is 526. The van der Waals surface area contributed by atoms with E-state index in [0.717, 1.165) is 24.4 Å². The van der Waals surface area contributed by atoms with Crippen LogP contribution in [0, 0.1) is 29.1 Å². The van der Waals surface area contributed by atoms with Gasteiger partial charge >= 0.3 is 0 Å². The van der Waals surface area contributed by atoms with Crippen molar-refractivity contribution in [3.05, 3.63) is 29.8 Å². The van der Waals surface area contributed by atoms with Crippen LogP contribution in [-0.2, 0) is 0 Å². The van der Waals surface area contributed by atoms with Crippen LogP contribution in [-0.4, -0.2) is 43.4 Å². The van der Waals surface area contributed by atoms with E-state index >= 15 is 0 Å².